The minimum Gasteiger partial charge on any atom is -0.450 e. The molecule has 0 aliphatic rings. The number of Topliss-reactive ketones (excluding diaryl/α,β-unsaturated/α-hetero) is 1. The molecule has 28 heavy (non-hydrogen) atoms. The molecule has 2 heterocycles. The summed E-state index contributed by atoms with van der Waals surface area (Å²) < 4.78 is 4.88. The highest BCUT2D eigenvalue weighted by Gasteiger charge is 2.13. The summed E-state index contributed by atoms with van der Waals surface area (Å²) in [5.74, 6) is -1.11. The SMILES string of the molecule is CCOC(=O)Nc1cnc2[nH]cc(-c3cccc(NC(=O)C(=O)CC)c3)c2c1. The standard InChI is InChI=1S/C20H20N4O4/c1-3-17(25)19(26)23-13-7-5-6-12(8-13)16-11-22-18-15(16)9-14(10-21-18)24-20(27)28-4-2/h5-11H,3-4H2,1-2H3,(H,21,22)(H,23,26)(H,24,27). The lowest BCUT2D eigenvalue weighted by molar-refractivity contribution is -0.134. The predicted octanol–water partition coefficient (Wildman–Crippen LogP) is 3.72. The Bertz CT molecular complexity index is 1040. The van der Waals surface area contributed by atoms with Gasteiger partial charge in [-0.25, -0.2) is 9.78 Å². The zero-order valence-electron chi connectivity index (χ0n) is 15.5. The predicted molar refractivity (Wildman–Crippen MR) is 106 cm³/mol. The van der Waals surface area contributed by atoms with E-state index in [-0.39, 0.29) is 13.0 Å². The highest BCUT2D eigenvalue weighted by atomic mass is 16.5. The van der Waals surface area contributed by atoms with Gasteiger partial charge in [-0.15, -0.1) is 0 Å². The smallest absolute Gasteiger partial charge is 0.411 e. The lowest BCUT2D eigenvalue weighted by atomic mass is 10.0. The van der Waals surface area contributed by atoms with Crippen LogP contribution in [0.1, 0.15) is 20.3 Å². The van der Waals surface area contributed by atoms with Crippen molar-refractivity contribution in [2.45, 2.75) is 20.3 Å². The maximum Gasteiger partial charge on any atom is 0.411 e. The Hall–Kier alpha value is -3.68. The number of hydrogen-bond acceptors (Lipinski definition) is 5. The van der Waals surface area contributed by atoms with Gasteiger partial charge >= 0.3 is 6.09 Å². The quantitative estimate of drug-likeness (QED) is 0.564. The summed E-state index contributed by atoms with van der Waals surface area (Å²) in [6.45, 7) is 3.64. The first-order valence-corrected chi connectivity index (χ1v) is 8.87. The Labute approximate surface area is 161 Å². The van der Waals surface area contributed by atoms with Gasteiger partial charge in [0.1, 0.15) is 5.65 Å². The largest absolute Gasteiger partial charge is 0.450 e. The molecule has 0 atom stereocenters. The molecule has 8 nitrogen and oxygen atoms in total. The number of ketones is 1. The number of aromatic nitrogens is 2. The third-order valence-corrected chi connectivity index (χ3v) is 4.06. The van der Waals surface area contributed by atoms with E-state index in [1.807, 2.05) is 6.07 Å². The van der Waals surface area contributed by atoms with E-state index < -0.39 is 17.8 Å². The van der Waals surface area contributed by atoms with Gasteiger partial charge < -0.3 is 15.0 Å². The van der Waals surface area contributed by atoms with Crippen LogP contribution in [-0.4, -0.2) is 34.4 Å². The molecular formula is C20H20N4O4. The van der Waals surface area contributed by atoms with Crippen molar-refractivity contribution in [3.63, 3.8) is 0 Å². The van der Waals surface area contributed by atoms with Crippen LogP contribution >= 0.6 is 0 Å². The van der Waals surface area contributed by atoms with Crippen LogP contribution in [0.3, 0.4) is 0 Å². The first-order chi connectivity index (χ1) is 13.5. The summed E-state index contributed by atoms with van der Waals surface area (Å²) in [6.07, 6.45) is 2.93. The molecule has 1 aromatic carbocycles. The summed E-state index contributed by atoms with van der Waals surface area (Å²) in [5.41, 5.74) is 3.34. The number of ether oxygens (including phenoxy) is 1. The number of fused-ring (bicyclic) bond motifs is 1. The average molecular weight is 380 g/mol. The van der Waals surface area contributed by atoms with Crippen molar-refractivity contribution < 1.29 is 19.1 Å². The maximum absolute atomic E-state index is 11.8. The van der Waals surface area contributed by atoms with Crippen LogP contribution in [0.25, 0.3) is 22.2 Å². The molecule has 0 bridgehead atoms. The second-order valence-electron chi connectivity index (χ2n) is 5.98. The number of hydrogen-bond donors (Lipinski definition) is 3. The second kappa shape index (κ2) is 8.34. The molecule has 0 fully saturated rings. The highest BCUT2D eigenvalue weighted by molar-refractivity contribution is 6.40. The van der Waals surface area contributed by atoms with Crippen molar-refractivity contribution in [2.24, 2.45) is 0 Å². The van der Waals surface area contributed by atoms with E-state index in [1.54, 1.807) is 44.3 Å². The van der Waals surface area contributed by atoms with E-state index >= 15 is 0 Å². The van der Waals surface area contributed by atoms with Gasteiger partial charge in [-0.1, -0.05) is 19.1 Å². The molecule has 3 rings (SSSR count). The van der Waals surface area contributed by atoms with Crippen LogP contribution in [0.4, 0.5) is 16.2 Å². The first kappa shape index (κ1) is 19.1. The summed E-state index contributed by atoms with van der Waals surface area (Å²) >= 11 is 0. The third-order valence-electron chi connectivity index (χ3n) is 4.06. The van der Waals surface area contributed by atoms with Gasteiger partial charge in [0.05, 0.1) is 18.5 Å². The lowest BCUT2D eigenvalue weighted by Crippen LogP contribution is -2.21. The number of anilines is 2. The van der Waals surface area contributed by atoms with E-state index in [0.29, 0.717) is 17.0 Å². The van der Waals surface area contributed by atoms with Crippen molar-refractivity contribution in [1.29, 1.82) is 0 Å². The number of nitrogens with zero attached hydrogens (tertiary/aromatic N) is 1. The molecule has 0 spiro atoms. The lowest BCUT2D eigenvalue weighted by Gasteiger charge is -2.07. The third kappa shape index (κ3) is 4.17. The fourth-order valence-corrected chi connectivity index (χ4v) is 2.72. The molecular weight excluding hydrogens is 360 g/mol. The van der Waals surface area contributed by atoms with Crippen molar-refractivity contribution in [1.82, 2.24) is 9.97 Å². The zero-order chi connectivity index (χ0) is 20.1. The van der Waals surface area contributed by atoms with Crippen molar-refractivity contribution in [3.8, 4) is 11.1 Å². The molecule has 0 aliphatic heterocycles. The monoisotopic (exact) mass is 380 g/mol. The number of carbonyl (C=O) groups is 3. The van der Waals surface area contributed by atoms with Crippen molar-refractivity contribution in [3.05, 3.63) is 42.7 Å². The Morgan fingerprint density at radius 1 is 1.11 bits per heavy atom. The van der Waals surface area contributed by atoms with Gasteiger partial charge in [0, 0.05) is 29.3 Å². The summed E-state index contributed by atoms with van der Waals surface area (Å²) in [4.78, 5) is 42.4. The highest BCUT2D eigenvalue weighted by Crippen LogP contribution is 2.31. The Morgan fingerprint density at radius 2 is 1.93 bits per heavy atom. The minimum absolute atomic E-state index is 0.149. The van der Waals surface area contributed by atoms with E-state index in [4.69, 9.17) is 4.74 Å². The molecule has 0 saturated heterocycles. The summed E-state index contributed by atoms with van der Waals surface area (Å²) in [6, 6.07) is 8.94. The maximum atomic E-state index is 11.8. The molecule has 2 aromatic heterocycles. The molecule has 0 saturated carbocycles. The number of H-pyrrole nitrogens is 1. The van der Waals surface area contributed by atoms with E-state index in [9.17, 15) is 14.4 Å². The Morgan fingerprint density at radius 3 is 2.68 bits per heavy atom. The van der Waals surface area contributed by atoms with Crippen LogP contribution in [0.5, 0.6) is 0 Å². The van der Waals surface area contributed by atoms with E-state index in [2.05, 4.69) is 20.6 Å². The first-order valence-electron chi connectivity index (χ1n) is 8.87. The molecule has 0 radical (unpaired) electrons. The molecule has 0 unspecified atom stereocenters. The average Bonchev–Trinajstić information content (AvgIpc) is 3.11. The zero-order valence-corrected chi connectivity index (χ0v) is 15.5. The second-order valence-corrected chi connectivity index (χ2v) is 5.98. The number of carbonyl (C=O) groups excluding carboxylic acids is 3. The number of benzene rings is 1. The van der Waals surface area contributed by atoms with E-state index in [1.165, 1.54) is 6.20 Å². The fourth-order valence-electron chi connectivity index (χ4n) is 2.72. The molecule has 3 N–H and O–H groups in total. The van der Waals surface area contributed by atoms with Gasteiger partial charge in [-0.3, -0.25) is 14.9 Å². The van der Waals surface area contributed by atoms with Crippen LogP contribution in [0.15, 0.2) is 42.7 Å². The normalized spacial score (nSPS) is 10.5. The van der Waals surface area contributed by atoms with Gasteiger partial charge in [0.2, 0.25) is 5.78 Å². The van der Waals surface area contributed by atoms with Crippen LogP contribution in [0.2, 0.25) is 0 Å². The number of pyridine rings is 1. The Balaban J connectivity index is 1.91. The van der Waals surface area contributed by atoms with E-state index in [0.717, 1.165) is 16.5 Å². The summed E-state index contributed by atoms with van der Waals surface area (Å²) in [5, 5.41) is 6.03. The van der Waals surface area contributed by atoms with Crippen LogP contribution in [0, 0.1) is 0 Å². The van der Waals surface area contributed by atoms with Crippen LogP contribution < -0.4 is 10.6 Å². The molecule has 144 valence electrons. The fraction of sp³-hybridized carbons (Fsp3) is 0.200. The molecule has 8 heteroatoms. The number of nitrogens with one attached hydrogen (secondary N) is 3. The van der Waals surface area contributed by atoms with Gasteiger partial charge in [0.15, 0.2) is 0 Å². The molecule has 0 aliphatic carbocycles. The van der Waals surface area contributed by atoms with Crippen molar-refractivity contribution >= 4 is 40.2 Å². The van der Waals surface area contributed by atoms with Gasteiger partial charge in [-0.05, 0) is 30.7 Å². The van der Waals surface area contributed by atoms with Crippen LogP contribution in [-0.2, 0) is 14.3 Å². The van der Waals surface area contributed by atoms with Gasteiger partial charge in [0.25, 0.3) is 5.91 Å². The molecule has 3 aromatic rings. The van der Waals surface area contributed by atoms with Crippen molar-refractivity contribution in [2.75, 3.05) is 17.2 Å². The Kier molecular flexibility index (Phi) is 5.69. The minimum atomic E-state index is -0.638. The molecule has 2 amide bonds. The van der Waals surface area contributed by atoms with Gasteiger partial charge in [-0.2, -0.15) is 0 Å². The summed E-state index contributed by atoms with van der Waals surface area (Å²) in [7, 11) is 0. The topological polar surface area (TPSA) is 113 Å². The number of aromatic amines is 1. The number of rotatable bonds is 6. The number of amides is 2.